The van der Waals surface area contributed by atoms with Crippen LogP contribution in [0.5, 0.6) is 0 Å². The van der Waals surface area contributed by atoms with Crippen LogP contribution in [0.4, 0.5) is 17.2 Å². The molecule has 4 nitrogen and oxygen atoms in total. The van der Waals surface area contributed by atoms with Gasteiger partial charge < -0.3 is 10.6 Å². The highest BCUT2D eigenvalue weighted by molar-refractivity contribution is 5.73. The lowest BCUT2D eigenvalue weighted by Crippen LogP contribution is -2.20. The summed E-state index contributed by atoms with van der Waals surface area (Å²) >= 11 is 0. The van der Waals surface area contributed by atoms with E-state index in [-0.39, 0.29) is 0 Å². The van der Waals surface area contributed by atoms with Crippen LogP contribution in [0, 0.1) is 6.92 Å². The zero-order chi connectivity index (χ0) is 14.0. The van der Waals surface area contributed by atoms with E-state index in [1.807, 2.05) is 11.7 Å². The average molecular weight is 258 g/mol. The summed E-state index contributed by atoms with van der Waals surface area (Å²) < 4.78 is 1.88. The molecule has 0 radical (unpaired) electrons. The van der Waals surface area contributed by atoms with Gasteiger partial charge in [0.15, 0.2) is 5.82 Å². The van der Waals surface area contributed by atoms with Crippen molar-refractivity contribution < 1.29 is 0 Å². The standard InChI is InChI=1S/C15H22N4/c1-5-13-14(16)15(18(4)17-13)19(6-2)12-9-7-8-11(3)10-12/h7-10H,5-6,16H2,1-4H3. The van der Waals surface area contributed by atoms with Crippen molar-refractivity contribution in [3.63, 3.8) is 0 Å². The maximum atomic E-state index is 6.24. The number of nitrogens with zero attached hydrogens (tertiary/aromatic N) is 3. The first-order valence-corrected chi connectivity index (χ1v) is 6.74. The third kappa shape index (κ3) is 2.43. The summed E-state index contributed by atoms with van der Waals surface area (Å²) in [6, 6.07) is 8.44. The quantitative estimate of drug-likeness (QED) is 0.917. The van der Waals surface area contributed by atoms with Gasteiger partial charge in [-0.05, 0) is 38.0 Å². The predicted molar refractivity (Wildman–Crippen MR) is 80.9 cm³/mol. The molecule has 2 N–H and O–H groups in total. The zero-order valence-electron chi connectivity index (χ0n) is 12.1. The highest BCUT2D eigenvalue weighted by atomic mass is 15.4. The number of benzene rings is 1. The molecule has 1 aromatic heterocycles. The number of rotatable bonds is 4. The topological polar surface area (TPSA) is 47.1 Å². The average Bonchev–Trinajstić information content (AvgIpc) is 2.67. The Labute approximate surface area is 114 Å². The number of nitrogens with two attached hydrogens (primary N) is 1. The summed E-state index contributed by atoms with van der Waals surface area (Å²) in [7, 11) is 1.95. The smallest absolute Gasteiger partial charge is 0.154 e. The van der Waals surface area contributed by atoms with Crippen LogP contribution in [0.15, 0.2) is 24.3 Å². The van der Waals surface area contributed by atoms with Crippen molar-refractivity contribution in [3.05, 3.63) is 35.5 Å². The van der Waals surface area contributed by atoms with Gasteiger partial charge in [0.2, 0.25) is 0 Å². The predicted octanol–water partition coefficient (Wildman–Crippen LogP) is 3.03. The molecular formula is C15H22N4. The van der Waals surface area contributed by atoms with Crippen LogP contribution in [0.2, 0.25) is 0 Å². The van der Waals surface area contributed by atoms with Gasteiger partial charge in [-0.25, -0.2) is 0 Å². The third-order valence-corrected chi connectivity index (χ3v) is 3.35. The number of aryl methyl sites for hydroxylation is 3. The molecule has 0 bridgehead atoms. The fourth-order valence-electron chi connectivity index (χ4n) is 2.42. The summed E-state index contributed by atoms with van der Waals surface area (Å²) in [5.74, 6) is 0.977. The van der Waals surface area contributed by atoms with Crippen LogP contribution in [0.25, 0.3) is 0 Å². The van der Waals surface area contributed by atoms with E-state index in [4.69, 9.17) is 5.73 Å². The normalized spacial score (nSPS) is 10.7. The van der Waals surface area contributed by atoms with E-state index in [0.717, 1.165) is 35.9 Å². The Morgan fingerprint density at radius 3 is 2.58 bits per heavy atom. The fraction of sp³-hybridized carbons (Fsp3) is 0.400. The number of aromatic nitrogens is 2. The molecule has 102 valence electrons. The molecule has 2 aromatic rings. The number of hydrogen-bond acceptors (Lipinski definition) is 3. The SMILES string of the molecule is CCc1nn(C)c(N(CC)c2cccc(C)c2)c1N. The molecule has 0 saturated carbocycles. The summed E-state index contributed by atoms with van der Waals surface area (Å²) in [5.41, 5.74) is 10.4. The van der Waals surface area contributed by atoms with Crippen molar-refractivity contribution in [1.82, 2.24) is 9.78 Å². The second-order valence-corrected chi connectivity index (χ2v) is 4.74. The molecule has 0 aliphatic heterocycles. The molecule has 1 heterocycles. The molecule has 0 amide bonds. The van der Waals surface area contributed by atoms with Crippen LogP contribution in [0.3, 0.4) is 0 Å². The first-order chi connectivity index (χ1) is 9.08. The summed E-state index contributed by atoms with van der Waals surface area (Å²) in [6.45, 7) is 7.16. The van der Waals surface area contributed by atoms with Crippen molar-refractivity contribution >= 4 is 17.2 Å². The van der Waals surface area contributed by atoms with Crippen molar-refractivity contribution in [1.29, 1.82) is 0 Å². The molecule has 0 saturated heterocycles. The molecule has 0 unspecified atom stereocenters. The summed E-state index contributed by atoms with van der Waals surface area (Å²) in [4.78, 5) is 2.20. The molecule has 0 spiro atoms. The Balaban J connectivity index is 2.51. The van der Waals surface area contributed by atoms with Crippen molar-refractivity contribution in [2.24, 2.45) is 7.05 Å². The van der Waals surface area contributed by atoms with Gasteiger partial charge >= 0.3 is 0 Å². The lowest BCUT2D eigenvalue weighted by atomic mass is 10.2. The van der Waals surface area contributed by atoms with Crippen molar-refractivity contribution in [2.75, 3.05) is 17.2 Å². The number of anilines is 3. The Morgan fingerprint density at radius 2 is 2.05 bits per heavy atom. The third-order valence-electron chi connectivity index (χ3n) is 3.35. The highest BCUT2D eigenvalue weighted by Gasteiger charge is 2.18. The Bertz CT molecular complexity index is 572. The largest absolute Gasteiger partial charge is 0.394 e. The molecule has 0 atom stereocenters. The molecule has 0 aliphatic carbocycles. The number of nitrogen functional groups attached to an aromatic ring is 1. The summed E-state index contributed by atoms with van der Waals surface area (Å²) in [6.07, 6.45) is 0.852. The minimum absolute atomic E-state index is 0.786. The van der Waals surface area contributed by atoms with Crippen molar-refractivity contribution in [2.45, 2.75) is 27.2 Å². The molecule has 2 rings (SSSR count). The lowest BCUT2D eigenvalue weighted by molar-refractivity contribution is 0.733. The van der Waals surface area contributed by atoms with Crippen LogP contribution < -0.4 is 10.6 Å². The van der Waals surface area contributed by atoms with E-state index < -0.39 is 0 Å². The van der Waals surface area contributed by atoms with Gasteiger partial charge in [0, 0.05) is 19.3 Å². The maximum Gasteiger partial charge on any atom is 0.154 e. The first kappa shape index (κ1) is 13.5. The molecule has 4 heteroatoms. The summed E-state index contributed by atoms with van der Waals surface area (Å²) in [5, 5.41) is 4.50. The highest BCUT2D eigenvalue weighted by Crippen LogP contribution is 2.32. The van der Waals surface area contributed by atoms with Crippen LogP contribution >= 0.6 is 0 Å². The molecule has 0 fully saturated rings. The van der Waals surface area contributed by atoms with Crippen molar-refractivity contribution in [3.8, 4) is 0 Å². The van der Waals surface area contributed by atoms with Gasteiger partial charge in [-0.15, -0.1) is 0 Å². The molecule has 1 aromatic carbocycles. The van der Waals surface area contributed by atoms with E-state index >= 15 is 0 Å². The Morgan fingerprint density at radius 1 is 1.32 bits per heavy atom. The Kier molecular flexibility index (Phi) is 3.79. The van der Waals surface area contributed by atoms with Gasteiger partial charge in [-0.3, -0.25) is 4.68 Å². The number of hydrogen-bond donors (Lipinski definition) is 1. The first-order valence-electron chi connectivity index (χ1n) is 6.74. The molecule has 0 aliphatic rings. The molecule has 19 heavy (non-hydrogen) atoms. The van der Waals surface area contributed by atoms with E-state index in [0.29, 0.717) is 0 Å². The maximum absolute atomic E-state index is 6.24. The lowest BCUT2D eigenvalue weighted by Gasteiger charge is -2.24. The van der Waals surface area contributed by atoms with Gasteiger partial charge in [-0.2, -0.15) is 5.10 Å². The Hall–Kier alpha value is -1.97. The van der Waals surface area contributed by atoms with Gasteiger partial charge in [0.05, 0.1) is 11.4 Å². The van der Waals surface area contributed by atoms with Gasteiger partial charge in [0.1, 0.15) is 0 Å². The minimum Gasteiger partial charge on any atom is -0.394 e. The fourth-order valence-corrected chi connectivity index (χ4v) is 2.42. The van der Waals surface area contributed by atoms with E-state index in [9.17, 15) is 0 Å². The van der Waals surface area contributed by atoms with Crippen LogP contribution in [-0.2, 0) is 13.5 Å². The zero-order valence-corrected chi connectivity index (χ0v) is 12.1. The van der Waals surface area contributed by atoms with Gasteiger partial charge in [-0.1, -0.05) is 19.1 Å². The van der Waals surface area contributed by atoms with Gasteiger partial charge in [0.25, 0.3) is 0 Å². The second-order valence-electron chi connectivity index (χ2n) is 4.74. The van der Waals surface area contributed by atoms with Crippen LogP contribution in [0.1, 0.15) is 25.1 Å². The molecular weight excluding hydrogens is 236 g/mol. The minimum atomic E-state index is 0.786. The van der Waals surface area contributed by atoms with E-state index in [2.05, 4.69) is 55.0 Å². The van der Waals surface area contributed by atoms with E-state index in [1.54, 1.807) is 0 Å². The van der Waals surface area contributed by atoms with Crippen LogP contribution in [-0.4, -0.2) is 16.3 Å². The monoisotopic (exact) mass is 258 g/mol. The second kappa shape index (κ2) is 5.34. The van der Waals surface area contributed by atoms with E-state index in [1.165, 1.54) is 5.56 Å².